The molecule has 0 saturated carbocycles. The number of nitrogens with zero attached hydrogens (tertiary/aromatic N) is 3. The van der Waals surface area contributed by atoms with Gasteiger partial charge in [0.1, 0.15) is 0 Å². The Bertz CT molecular complexity index is 927. The number of carbonyl (C=O) groups is 2. The Labute approximate surface area is 165 Å². The van der Waals surface area contributed by atoms with Crippen LogP contribution in [0.1, 0.15) is 31.7 Å². The zero-order valence-corrected chi connectivity index (χ0v) is 16.6. The molecule has 1 aliphatic rings. The van der Waals surface area contributed by atoms with E-state index in [1.54, 1.807) is 19.3 Å². The van der Waals surface area contributed by atoms with Gasteiger partial charge >= 0.3 is 0 Å². The third kappa shape index (κ3) is 4.28. The maximum atomic E-state index is 13.0. The van der Waals surface area contributed by atoms with E-state index in [0.717, 1.165) is 10.5 Å². The van der Waals surface area contributed by atoms with Crippen LogP contribution >= 0.6 is 0 Å². The fourth-order valence-electron chi connectivity index (χ4n) is 3.21. The summed E-state index contributed by atoms with van der Waals surface area (Å²) < 4.78 is 27.4. The van der Waals surface area contributed by atoms with Crippen LogP contribution < -0.4 is 4.90 Å². The number of benzene rings is 1. The summed E-state index contributed by atoms with van der Waals surface area (Å²) in [5.41, 5.74) is 1.43. The molecule has 2 aromatic rings. The number of amides is 2. The molecule has 148 valence electrons. The zero-order valence-electron chi connectivity index (χ0n) is 15.7. The van der Waals surface area contributed by atoms with Crippen LogP contribution in [-0.4, -0.2) is 42.6 Å². The summed E-state index contributed by atoms with van der Waals surface area (Å²) >= 11 is 0. The monoisotopic (exact) mass is 401 g/mol. The predicted molar refractivity (Wildman–Crippen MR) is 105 cm³/mol. The number of anilines is 1. The van der Waals surface area contributed by atoms with E-state index in [9.17, 15) is 18.0 Å². The van der Waals surface area contributed by atoms with Crippen LogP contribution in [0.25, 0.3) is 0 Å². The van der Waals surface area contributed by atoms with Crippen molar-refractivity contribution in [2.75, 3.05) is 18.0 Å². The van der Waals surface area contributed by atoms with Crippen molar-refractivity contribution in [3.8, 4) is 0 Å². The molecule has 7 nitrogen and oxygen atoms in total. The standard InChI is InChI=1S/C20H23N3O4S/c1-2-22(15-12-16-10-13-21-14-11-16)28(26,27)18-8-6-17(7-9-18)23-19(24)4-3-5-20(23)25/h6-11,13-14H,2-5,12,15H2,1H3. The largest absolute Gasteiger partial charge is 0.274 e. The van der Waals surface area contributed by atoms with Gasteiger partial charge in [-0.15, -0.1) is 0 Å². The third-order valence-corrected chi connectivity index (χ3v) is 6.75. The molecule has 1 aliphatic heterocycles. The van der Waals surface area contributed by atoms with Crippen LogP contribution in [0.3, 0.4) is 0 Å². The minimum atomic E-state index is -3.67. The zero-order chi connectivity index (χ0) is 20.1. The van der Waals surface area contributed by atoms with Crippen LogP contribution in [0, 0.1) is 0 Å². The van der Waals surface area contributed by atoms with E-state index < -0.39 is 10.0 Å². The van der Waals surface area contributed by atoms with Gasteiger partial charge in [-0.05, 0) is 54.8 Å². The summed E-state index contributed by atoms with van der Waals surface area (Å²) in [5.74, 6) is -0.501. The van der Waals surface area contributed by atoms with Gasteiger partial charge in [-0.3, -0.25) is 19.5 Å². The predicted octanol–water partition coefficient (Wildman–Crippen LogP) is 2.38. The average molecular weight is 401 g/mol. The average Bonchev–Trinajstić information content (AvgIpc) is 2.69. The van der Waals surface area contributed by atoms with Gasteiger partial charge in [0.25, 0.3) is 0 Å². The summed E-state index contributed by atoms with van der Waals surface area (Å²) in [5, 5.41) is 0. The lowest BCUT2D eigenvalue weighted by atomic mass is 10.1. The van der Waals surface area contributed by atoms with Gasteiger partial charge in [-0.1, -0.05) is 6.92 Å². The number of hydrogen-bond acceptors (Lipinski definition) is 5. The maximum absolute atomic E-state index is 13.0. The van der Waals surface area contributed by atoms with E-state index in [0.29, 0.717) is 44.5 Å². The Morgan fingerprint density at radius 2 is 1.61 bits per heavy atom. The highest BCUT2D eigenvalue weighted by Gasteiger charge is 2.28. The molecule has 0 unspecified atom stereocenters. The number of imide groups is 1. The fourth-order valence-corrected chi connectivity index (χ4v) is 4.66. The molecule has 2 heterocycles. The van der Waals surface area contributed by atoms with Gasteiger partial charge in [0.15, 0.2) is 0 Å². The molecule has 1 saturated heterocycles. The minimum absolute atomic E-state index is 0.143. The third-order valence-electron chi connectivity index (χ3n) is 4.76. The first-order valence-electron chi connectivity index (χ1n) is 9.28. The number of pyridine rings is 1. The van der Waals surface area contributed by atoms with Crippen LogP contribution in [0.15, 0.2) is 53.7 Å². The smallest absolute Gasteiger partial charge is 0.243 e. The second-order valence-corrected chi connectivity index (χ2v) is 8.51. The molecule has 2 amide bonds. The van der Waals surface area contributed by atoms with Crippen molar-refractivity contribution in [1.82, 2.24) is 9.29 Å². The van der Waals surface area contributed by atoms with Crippen molar-refractivity contribution in [2.45, 2.75) is 37.5 Å². The van der Waals surface area contributed by atoms with Crippen molar-refractivity contribution in [3.63, 3.8) is 0 Å². The molecule has 1 aromatic carbocycles. The van der Waals surface area contributed by atoms with Gasteiger partial charge in [0, 0.05) is 38.3 Å². The number of rotatable bonds is 7. The molecule has 3 rings (SSSR count). The minimum Gasteiger partial charge on any atom is -0.274 e. The maximum Gasteiger partial charge on any atom is 0.243 e. The molecular formula is C20H23N3O4S. The second kappa shape index (κ2) is 8.62. The van der Waals surface area contributed by atoms with E-state index in [4.69, 9.17) is 0 Å². The molecule has 8 heteroatoms. The molecule has 1 fully saturated rings. The van der Waals surface area contributed by atoms with Crippen LogP contribution in [0.2, 0.25) is 0 Å². The Morgan fingerprint density at radius 3 is 2.18 bits per heavy atom. The van der Waals surface area contributed by atoms with Crippen molar-refractivity contribution >= 4 is 27.5 Å². The number of likely N-dealkylation sites (N-methyl/N-ethyl adjacent to an activating group) is 1. The summed E-state index contributed by atoms with van der Waals surface area (Å²) in [6, 6.07) is 9.67. The van der Waals surface area contributed by atoms with E-state index in [1.165, 1.54) is 28.6 Å². The molecule has 0 aliphatic carbocycles. The lowest BCUT2D eigenvalue weighted by Crippen LogP contribution is -2.40. The molecule has 1 aromatic heterocycles. The first-order valence-corrected chi connectivity index (χ1v) is 10.7. The van der Waals surface area contributed by atoms with E-state index >= 15 is 0 Å². The van der Waals surface area contributed by atoms with E-state index in [1.807, 2.05) is 12.1 Å². The lowest BCUT2D eigenvalue weighted by molar-refractivity contribution is -0.129. The molecule has 0 radical (unpaired) electrons. The van der Waals surface area contributed by atoms with Gasteiger partial charge in [0.2, 0.25) is 21.8 Å². The normalized spacial score (nSPS) is 15.3. The van der Waals surface area contributed by atoms with Crippen molar-refractivity contribution in [3.05, 3.63) is 54.4 Å². The number of piperidine rings is 1. The Morgan fingerprint density at radius 1 is 1.00 bits per heavy atom. The van der Waals surface area contributed by atoms with Crippen molar-refractivity contribution < 1.29 is 18.0 Å². The van der Waals surface area contributed by atoms with Crippen molar-refractivity contribution in [2.24, 2.45) is 0 Å². The Balaban J connectivity index is 1.76. The fraction of sp³-hybridized carbons (Fsp3) is 0.350. The SMILES string of the molecule is CCN(CCc1ccncc1)S(=O)(=O)c1ccc(N2C(=O)CCCC2=O)cc1. The molecule has 28 heavy (non-hydrogen) atoms. The summed E-state index contributed by atoms with van der Waals surface area (Å²) in [4.78, 5) is 29.3. The number of hydrogen-bond donors (Lipinski definition) is 0. The highest BCUT2D eigenvalue weighted by molar-refractivity contribution is 7.89. The quantitative estimate of drug-likeness (QED) is 0.665. The first-order chi connectivity index (χ1) is 13.4. The topological polar surface area (TPSA) is 87.7 Å². The number of aromatic nitrogens is 1. The van der Waals surface area contributed by atoms with Crippen LogP contribution in [0.5, 0.6) is 0 Å². The highest BCUT2D eigenvalue weighted by Crippen LogP contribution is 2.25. The van der Waals surface area contributed by atoms with Crippen LogP contribution in [-0.2, 0) is 26.0 Å². The second-order valence-electron chi connectivity index (χ2n) is 6.57. The molecule has 0 N–H and O–H groups in total. The summed E-state index contributed by atoms with van der Waals surface area (Å²) in [6.07, 6.45) is 5.16. The van der Waals surface area contributed by atoms with Crippen molar-refractivity contribution in [1.29, 1.82) is 0 Å². The Kier molecular flexibility index (Phi) is 6.21. The van der Waals surface area contributed by atoms with Gasteiger partial charge in [-0.25, -0.2) is 8.42 Å². The number of carbonyl (C=O) groups excluding carboxylic acids is 2. The van der Waals surface area contributed by atoms with Crippen LogP contribution in [0.4, 0.5) is 5.69 Å². The van der Waals surface area contributed by atoms with Gasteiger partial charge in [-0.2, -0.15) is 4.31 Å². The molecule has 0 spiro atoms. The first kappa shape index (κ1) is 20.2. The van der Waals surface area contributed by atoms with Gasteiger partial charge < -0.3 is 0 Å². The summed E-state index contributed by atoms with van der Waals surface area (Å²) in [7, 11) is -3.67. The molecule has 0 bridgehead atoms. The summed E-state index contributed by atoms with van der Waals surface area (Å²) in [6.45, 7) is 2.50. The lowest BCUT2D eigenvalue weighted by Gasteiger charge is -2.25. The molecule has 0 atom stereocenters. The number of sulfonamides is 1. The van der Waals surface area contributed by atoms with Gasteiger partial charge in [0.05, 0.1) is 10.6 Å². The highest BCUT2D eigenvalue weighted by atomic mass is 32.2. The molecular weight excluding hydrogens is 378 g/mol. The van der Waals surface area contributed by atoms with E-state index in [-0.39, 0.29) is 16.7 Å². The Hall–Kier alpha value is -2.58. The van der Waals surface area contributed by atoms with E-state index in [2.05, 4.69) is 4.98 Å².